The molecule has 0 aromatic carbocycles. The van der Waals surface area contributed by atoms with E-state index in [0.717, 1.165) is 18.9 Å². The summed E-state index contributed by atoms with van der Waals surface area (Å²) in [4.78, 5) is 4.21. The smallest absolute Gasteiger partial charge is 0.270 e. The predicted molar refractivity (Wildman–Crippen MR) is 51.5 cm³/mol. The maximum atomic E-state index is 8.91. The third-order valence-electron chi connectivity index (χ3n) is 2.41. The third kappa shape index (κ3) is 1.74. The van der Waals surface area contributed by atoms with E-state index < -0.39 is 0 Å². The minimum absolute atomic E-state index is 0.0219. The monoisotopic (exact) mass is 181 g/mol. The van der Waals surface area contributed by atoms with Gasteiger partial charge in [-0.3, -0.25) is 14.4 Å². The molecule has 0 spiro atoms. The molecule has 0 N–H and O–H groups in total. The van der Waals surface area contributed by atoms with Crippen molar-refractivity contribution in [2.45, 2.75) is 12.5 Å². The fraction of sp³-hybridized carbons (Fsp3) is 0.778. The van der Waals surface area contributed by atoms with Crippen LogP contribution in [0.25, 0.3) is 0 Å². The van der Waals surface area contributed by atoms with Gasteiger partial charge in [-0.1, -0.05) is 0 Å². The van der Waals surface area contributed by atoms with Crippen molar-refractivity contribution in [2.75, 3.05) is 34.7 Å². The standard InChI is InChI=1S/C9H17N4/c1-11(2)9-12(3)6-5-8(7-10)13(9)4/h8H,5-6H2,1-4H3/q+1. The van der Waals surface area contributed by atoms with Crippen LogP contribution in [-0.4, -0.2) is 61.1 Å². The average Bonchev–Trinajstić information content (AvgIpc) is 2.04. The topological polar surface area (TPSA) is 33.3 Å². The Labute approximate surface area is 79.7 Å². The summed E-state index contributed by atoms with van der Waals surface area (Å²) in [5.74, 6) is 1.11. The lowest BCUT2D eigenvalue weighted by Gasteiger charge is -2.31. The lowest BCUT2D eigenvalue weighted by atomic mass is 10.1. The lowest BCUT2D eigenvalue weighted by Crippen LogP contribution is -2.54. The Morgan fingerprint density at radius 3 is 2.54 bits per heavy atom. The molecule has 1 saturated heterocycles. The second-order valence-corrected chi connectivity index (χ2v) is 3.66. The highest BCUT2D eigenvalue weighted by Gasteiger charge is 2.33. The van der Waals surface area contributed by atoms with Gasteiger partial charge in [0.2, 0.25) is 0 Å². The SMILES string of the molecule is CN1CCC(C#N)N(C)C1=[N+](C)C. The van der Waals surface area contributed by atoms with Gasteiger partial charge in [0.25, 0.3) is 0 Å². The summed E-state index contributed by atoms with van der Waals surface area (Å²) >= 11 is 0. The van der Waals surface area contributed by atoms with Crippen LogP contribution in [0.15, 0.2) is 0 Å². The van der Waals surface area contributed by atoms with Crippen LogP contribution in [0.3, 0.4) is 0 Å². The minimum atomic E-state index is 0.0219. The van der Waals surface area contributed by atoms with Crippen LogP contribution in [0.4, 0.5) is 0 Å². The third-order valence-corrected chi connectivity index (χ3v) is 2.41. The molecule has 1 fully saturated rings. The van der Waals surface area contributed by atoms with Crippen molar-refractivity contribution in [1.82, 2.24) is 9.80 Å². The van der Waals surface area contributed by atoms with Crippen LogP contribution in [-0.2, 0) is 0 Å². The van der Waals surface area contributed by atoms with Crippen molar-refractivity contribution in [1.29, 1.82) is 5.26 Å². The van der Waals surface area contributed by atoms with E-state index in [1.165, 1.54) is 0 Å². The molecule has 4 heteroatoms. The molecule has 1 aliphatic rings. The van der Waals surface area contributed by atoms with E-state index in [4.69, 9.17) is 5.26 Å². The first-order valence-electron chi connectivity index (χ1n) is 4.45. The van der Waals surface area contributed by atoms with Gasteiger partial charge in [0, 0.05) is 6.42 Å². The van der Waals surface area contributed by atoms with Crippen LogP contribution in [0.1, 0.15) is 6.42 Å². The molecule has 1 unspecified atom stereocenters. The molecular formula is C9H17N4+. The summed E-state index contributed by atoms with van der Waals surface area (Å²) in [6, 6.07) is 2.33. The second-order valence-electron chi connectivity index (χ2n) is 3.66. The van der Waals surface area contributed by atoms with Crippen LogP contribution >= 0.6 is 0 Å². The molecule has 0 radical (unpaired) electrons. The molecule has 1 rings (SSSR count). The van der Waals surface area contributed by atoms with Crippen molar-refractivity contribution in [3.8, 4) is 6.07 Å². The maximum absolute atomic E-state index is 8.91. The van der Waals surface area contributed by atoms with E-state index in [2.05, 4.69) is 18.0 Å². The Morgan fingerprint density at radius 1 is 1.46 bits per heavy atom. The van der Waals surface area contributed by atoms with Gasteiger partial charge in [0.05, 0.1) is 34.7 Å². The van der Waals surface area contributed by atoms with Gasteiger partial charge in [-0.05, 0) is 0 Å². The molecule has 13 heavy (non-hydrogen) atoms. The summed E-state index contributed by atoms with van der Waals surface area (Å²) in [7, 11) is 8.03. The maximum Gasteiger partial charge on any atom is 0.350 e. The summed E-state index contributed by atoms with van der Waals surface area (Å²) in [6.45, 7) is 0.954. The van der Waals surface area contributed by atoms with E-state index in [-0.39, 0.29) is 6.04 Å². The molecule has 1 atom stereocenters. The van der Waals surface area contributed by atoms with Crippen LogP contribution in [0, 0.1) is 11.3 Å². The number of rotatable bonds is 0. The van der Waals surface area contributed by atoms with Crippen molar-refractivity contribution >= 4 is 5.96 Å². The van der Waals surface area contributed by atoms with Crippen LogP contribution < -0.4 is 0 Å². The quantitative estimate of drug-likeness (QED) is 0.484. The highest BCUT2D eigenvalue weighted by atomic mass is 15.4. The summed E-state index contributed by atoms with van der Waals surface area (Å²) in [6.07, 6.45) is 0.918. The fourth-order valence-corrected chi connectivity index (χ4v) is 1.83. The normalized spacial score (nSPS) is 23.0. The van der Waals surface area contributed by atoms with Crippen LogP contribution in [0.5, 0.6) is 0 Å². The van der Waals surface area contributed by atoms with Crippen molar-refractivity contribution < 1.29 is 4.58 Å². The van der Waals surface area contributed by atoms with E-state index in [9.17, 15) is 0 Å². The van der Waals surface area contributed by atoms with E-state index in [1.54, 1.807) is 0 Å². The first-order chi connectivity index (χ1) is 6.07. The first kappa shape index (κ1) is 9.85. The molecular weight excluding hydrogens is 164 g/mol. The number of hydrogen-bond acceptors (Lipinski definition) is 1. The minimum Gasteiger partial charge on any atom is -0.270 e. The Balaban J connectivity index is 2.93. The molecule has 1 heterocycles. The van der Waals surface area contributed by atoms with E-state index >= 15 is 0 Å². The van der Waals surface area contributed by atoms with Crippen molar-refractivity contribution in [2.24, 2.45) is 0 Å². The summed E-state index contributed by atoms with van der Waals surface area (Å²) in [5.41, 5.74) is 0. The lowest BCUT2D eigenvalue weighted by molar-refractivity contribution is -0.477. The zero-order valence-corrected chi connectivity index (χ0v) is 8.78. The Kier molecular flexibility index (Phi) is 2.76. The Morgan fingerprint density at radius 2 is 2.08 bits per heavy atom. The van der Waals surface area contributed by atoms with Gasteiger partial charge < -0.3 is 0 Å². The predicted octanol–water partition coefficient (Wildman–Crippen LogP) is -0.226. The van der Waals surface area contributed by atoms with E-state index in [1.807, 2.05) is 30.6 Å². The molecule has 0 aromatic heterocycles. The zero-order chi connectivity index (χ0) is 10.0. The summed E-state index contributed by atoms with van der Waals surface area (Å²) in [5, 5.41) is 8.91. The molecule has 0 saturated carbocycles. The molecule has 1 aliphatic heterocycles. The first-order valence-corrected chi connectivity index (χ1v) is 4.45. The molecule has 0 bridgehead atoms. The number of nitriles is 1. The van der Waals surface area contributed by atoms with Crippen LogP contribution in [0.2, 0.25) is 0 Å². The molecule has 72 valence electrons. The number of hydrogen-bond donors (Lipinski definition) is 0. The summed E-state index contributed by atoms with van der Waals surface area (Å²) < 4.78 is 2.05. The second kappa shape index (κ2) is 3.65. The van der Waals surface area contributed by atoms with E-state index in [0.29, 0.717) is 0 Å². The average molecular weight is 181 g/mol. The van der Waals surface area contributed by atoms with Gasteiger partial charge in [-0.2, -0.15) is 5.26 Å². The molecule has 4 nitrogen and oxygen atoms in total. The zero-order valence-electron chi connectivity index (χ0n) is 8.78. The van der Waals surface area contributed by atoms with Crippen molar-refractivity contribution in [3.05, 3.63) is 0 Å². The van der Waals surface area contributed by atoms with Gasteiger partial charge in [-0.15, -0.1) is 0 Å². The molecule has 0 aromatic rings. The number of guanidine groups is 1. The molecule has 0 amide bonds. The van der Waals surface area contributed by atoms with Gasteiger partial charge in [0.1, 0.15) is 6.07 Å². The highest BCUT2D eigenvalue weighted by molar-refractivity contribution is 5.76. The number of nitrogens with zero attached hydrogens (tertiary/aromatic N) is 4. The van der Waals surface area contributed by atoms with Gasteiger partial charge >= 0.3 is 5.96 Å². The fourth-order valence-electron chi connectivity index (χ4n) is 1.83. The Bertz CT molecular complexity index is 259. The largest absolute Gasteiger partial charge is 0.350 e. The van der Waals surface area contributed by atoms with Crippen molar-refractivity contribution in [3.63, 3.8) is 0 Å². The van der Waals surface area contributed by atoms with Gasteiger partial charge in [0.15, 0.2) is 6.04 Å². The Hall–Kier alpha value is -1.24. The van der Waals surface area contributed by atoms with Gasteiger partial charge in [-0.25, -0.2) is 0 Å². The molecule has 0 aliphatic carbocycles. The highest BCUT2D eigenvalue weighted by Crippen LogP contribution is 2.11.